The predicted octanol–water partition coefficient (Wildman–Crippen LogP) is 1.59. The summed E-state index contributed by atoms with van der Waals surface area (Å²) in [6.07, 6.45) is 1.53. The van der Waals surface area contributed by atoms with Crippen LogP contribution in [-0.2, 0) is 14.3 Å². The molecule has 2 aliphatic heterocycles. The number of piperazine rings is 1. The lowest BCUT2D eigenvalue weighted by Gasteiger charge is -2.36. The highest BCUT2D eigenvalue weighted by atomic mass is 16.5. The van der Waals surface area contributed by atoms with Gasteiger partial charge in [0.2, 0.25) is 0 Å². The van der Waals surface area contributed by atoms with E-state index in [1.165, 1.54) is 4.90 Å². The maximum Gasteiger partial charge on any atom is 0.277 e. The van der Waals surface area contributed by atoms with E-state index in [0.29, 0.717) is 63.7 Å². The molecule has 0 spiro atoms. The van der Waals surface area contributed by atoms with Crippen molar-refractivity contribution in [2.45, 2.75) is 26.7 Å². The number of benzene rings is 1. The van der Waals surface area contributed by atoms with Gasteiger partial charge in [-0.25, -0.2) is 0 Å². The van der Waals surface area contributed by atoms with Crippen LogP contribution in [0.1, 0.15) is 32.3 Å². The van der Waals surface area contributed by atoms with Crippen LogP contribution < -0.4 is 4.74 Å². The summed E-state index contributed by atoms with van der Waals surface area (Å²) in [6.45, 7) is 9.58. The van der Waals surface area contributed by atoms with Gasteiger partial charge in [-0.3, -0.25) is 19.4 Å². The van der Waals surface area contributed by atoms with Crippen molar-refractivity contribution >= 4 is 17.4 Å². The molecule has 8 heteroatoms. The van der Waals surface area contributed by atoms with Crippen LogP contribution in [0, 0.1) is 0 Å². The van der Waals surface area contributed by atoms with Crippen molar-refractivity contribution in [1.82, 2.24) is 14.7 Å². The van der Waals surface area contributed by atoms with Gasteiger partial charge in [-0.05, 0) is 37.5 Å². The molecular weight excluding hydrogens is 410 g/mol. The summed E-state index contributed by atoms with van der Waals surface area (Å²) in [5.74, 6) is 0.269. The van der Waals surface area contributed by atoms with Crippen molar-refractivity contribution in [3.63, 3.8) is 0 Å². The highest BCUT2D eigenvalue weighted by Gasteiger charge is 2.41. The molecule has 0 aromatic heterocycles. The molecule has 8 nitrogen and oxygen atoms in total. The number of carbonyl (C=O) groups is 2. The third-order valence-corrected chi connectivity index (χ3v) is 5.74. The Labute approximate surface area is 190 Å². The average Bonchev–Trinajstić information content (AvgIpc) is 3.06. The zero-order valence-electron chi connectivity index (χ0n) is 19.2. The zero-order valence-corrected chi connectivity index (χ0v) is 19.2. The molecule has 3 rings (SSSR count). The van der Waals surface area contributed by atoms with Crippen LogP contribution in [0.15, 0.2) is 30.0 Å². The lowest BCUT2D eigenvalue weighted by atomic mass is 10.0. The first-order chi connectivity index (χ1) is 15.6. The van der Waals surface area contributed by atoms with Gasteiger partial charge in [-0.1, -0.05) is 19.1 Å². The van der Waals surface area contributed by atoms with Crippen molar-refractivity contribution in [3.8, 4) is 5.75 Å². The summed E-state index contributed by atoms with van der Waals surface area (Å²) < 4.78 is 11.1. The molecule has 0 bridgehead atoms. The van der Waals surface area contributed by atoms with Crippen molar-refractivity contribution in [3.05, 3.63) is 35.5 Å². The van der Waals surface area contributed by atoms with Crippen LogP contribution in [0.5, 0.6) is 5.75 Å². The lowest BCUT2D eigenvalue weighted by molar-refractivity contribution is -0.137. The van der Waals surface area contributed by atoms with Gasteiger partial charge < -0.3 is 19.5 Å². The quantitative estimate of drug-likeness (QED) is 0.386. The predicted molar refractivity (Wildman–Crippen MR) is 122 cm³/mol. The van der Waals surface area contributed by atoms with E-state index in [4.69, 9.17) is 9.47 Å². The largest absolute Gasteiger partial charge is 0.494 e. The summed E-state index contributed by atoms with van der Waals surface area (Å²) in [5, 5.41) is 9.20. The number of carbonyl (C=O) groups excluding carboxylic acids is 2. The summed E-state index contributed by atoms with van der Waals surface area (Å²) in [7, 11) is 0. The molecule has 1 aromatic carbocycles. The normalized spacial score (nSPS) is 17.6. The topological polar surface area (TPSA) is 82.6 Å². The summed E-state index contributed by atoms with van der Waals surface area (Å²) >= 11 is 0. The molecule has 1 N–H and O–H groups in total. The third-order valence-electron chi connectivity index (χ3n) is 5.74. The standard InChI is InChI=1S/C24H35N3O5/c1-3-17-32-20-8-6-19(7-9-20)21-22(26-13-11-25(12-14-26)15-16-28)24(30)27(23(21)29)10-5-18-31-4-2/h6-9,28H,3-5,10-18H2,1-2H3. The Morgan fingerprint density at radius 2 is 1.66 bits per heavy atom. The molecule has 0 saturated carbocycles. The Bertz CT molecular complexity index is 800. The zero-order chi connectivity index (χ0) is 22.9. The van der Waals surface area contributed by atoms with Crippen molar-refractivity contribution < 1.29 is 24.2 Å². The number of amides is 2. The number of imide groups is 1. The van der Waals surface area contributed by atoms with E-state index < -0.39 is 0 Å². The molecule has 0 radical (unpaired) electrons. The summed E-state index contributed by atoms with van der Waals surface area (Å²) in [6, 6.07) is 7.42. The molecule has 0 unspecified atom stereocenters. The molecule has 0 atom stereocenters. The average molecular weight is 446 g/mol. The van der Waals surface area contributed by atoms with Gasteiger partial charge in [0.05, 0.1) is 18.8 Å². The number of ether oxygens (including phenoxy) is 2. The molecular formula is C24H35N3O5. The van der Waals surface area contributed by atoms with Crippen LogP contribution in [0.25, 0.3) is 5.57 Å². The Kier molecular flexibility index (Phi) is 9.08. The molecule has 32 heavy (non-hydrogen) atoms. The van der Waals surface area contributed by atoms with Gasteiger partial charge in [0, 0.05) is 52.5 Å². The molecule has 176 valence electrons. The van der Waals surface area contributed by atoms with E-state index in [-0.39, 0.29) is 18.4 Å². The molecule has 2 heterocycles. The van der Waals surface area contributed by atoms with Crippen LogP contribution in [0.3, 0.4) is 0 Å². The summed E-state index contributed by atoms with van der Waals surface area (Å²) in [5.41, 5.74) is 1.67. The minimum absolute atomic E-state index is 0.116. The Hall–Kier alpha value is -2.42. The smallest absolute Gasteiger partial charge is 0.277 e. The number of rotatable bonds is 12. The van der Waals surface area contributed by atoms with E-state index in [2.05, 4.69) is 11.8 Å². The van der Waals surface area contributed by atoms with Gasteiger partial charge in [-0.2, -0.15) is 0 Å². The van der Waals surface area contributed by atoms with Gasteiger partial charge in [-0.15, -0.1) is 0 Å². The van der Waals surface area contributed by atoms with Gasteiger partial charge in [0.1, 0.15) is 11.4 Å². The highest BCUT2D eigenvalue weighted by molar-refractivity contribution is 6.35. The molecule has 1 aromatic rings. The van der Waals surface area contributed by atoms with Crippen LogP contribution in [-0.4, -0.2) is 97.3 Å². The second kappa shape index (κ2) is 12.0. The second-order valence-electron chi connectivity index (χ2n) is 7.96. The maximum absolute atomic E-state index is 13.4. The fourth-order valence-electron chi connectivity index (χ4n) is 4.06. The van der Waals surface area contributed by atoms with Gasteiger partial charge in [0.25, 0.3) is 11.8 Å². The first kappa shape index (κ1) is 24.2. The monoisotopic (exact) mass is 445 g/mol. The number of nitrogens with zero attached hydrogens (tertiary/aromatic N) is 3. The first-order valence-electron chi connectivity index (χ1n) is 11.6. The molecule has 1 saturated heterocycles. The Balaban J connectivity index is 1.84. The number of aliphatic hydroxyl groups excluding tert-OH is 1. The van der Waals surface area contributed by atoms with E-state index in [1.54, 1.807) is 0 Å². The minimum Gasteiger partial charge on any atom is -0.494 e. The van der Waals surface area contributed by atoms with Crippen LogP contribution in [0.2, 0.25) is 0 Å². The number of hydrogen-bond donors (Lipinski definition) is 1. The van der Waals surface area contributed by atoms with E-state index in [1.807, 2.05) is 36.1 Å². The number of β-amino-alcohol motifs (C(OH)–C–C–N with tert-alkyl or cyclic N) is 1. The Morgan fingerprint density at radius 3 is 2.28 bits per heavy atom. The van der Waals surface area contributed by atoms with Crippen molar-refractivity contribution in [2.75, 3.05) is 65.7 Å². The number of aliphatic hydroxyl groups is 1. The molecule has 0 aliphatic carbocycles. The highest BCUT2D eigenvalue weighted by Crippen LogP contribution is 2.33. The van der Waals surface area contributed by atoms with Crippen molar-refractivity contribution in [1.29, 1.82) is 0 Å². The maximum atomic E-state index is 13.4. The molecule has 2 aliphatic rings. The fourth-order valence-corrected chi connectivity index (χ4v) is 4.06. The number of hydrogen-bond acceptors (Lipinski definition) is 7. The van der Waals surface area contributed by atoms with Gasteiger partial charge in [0.15, 0.2) is 0 Å². The Morgan fingerprint density at radius 1 is 0.938 bits per heavy atom. The van der Waals surface area contributed by atoms with E-state index >= 15 is 0 Å². The lowest BCUT2D eigenvalue weighted by Crippen LogP contribution is -2.48. The van der Waals surface area contributed by atoms with Crippen LogP contribution >= 0.6 is 0 Å². The molecule has 2 amide bonds. The molecule has 1 fully saturated rings. The fraction of sp³-hybridized carbons (Fsp3) is 0.583. The first-order valence-corrected chi connectivity index (χ1v) is 11.6. The minimum atomic E-state index is -0.249. The van der Waals surface area contributed by atoms with Gasteiger partial charge >= 0.3 is 0 Å². The van der Waals surface area contributed by atoms with Crippen molar-refractivity contribution in [2.24, 2.45) is 0 Å². The van der Waals surface area contributed by atoms with E-state index in [9.17, 15) is 14.7 Å². The second-order valence-corrected chi connectivity index (χ2v) is 7.96. The SMILES string of the molecule is CCCOc1ccc(C2=C(N3CCN(CCO)CC3)C(=O)N(CCCOCC)C2=O)cc1. The summed E-state index contributed by atoms with van der Waals surface area (Å²) in [4.78, 5) is 32.3. The van der Waals surface area contributed by atoms with Crippen LogP contribution in [0.4, 0.5) is 0 Å². The van der Waals surface area contributed by atoms with E-state index in [0.717, 1.165) is 30.8 Å². The third kappa shape index (κ3) is 5.68.